The first kappa shape index (κ1) is 8.92. The van der Waals surface area contributed by atoms with Crippen LogP contribution in [-0.2, 0) is 14.3 Å². The first-order chi connectivity index (χ1) is 6.74. The number of rotatable bonds is 1. The van der Waals surface area contributed by atoms with Crippen molar-refractivity contribution >= 4 is 21.7 Å². The van der Waals surface area contributed by atoms with Crippen LogP contribution in [0.1, 0.15) is 12.8 Å². The number of hydrogen-bond acceptors (Lipinski definition) is 3. The largest absolute Gasteiger partial charge is 0.499 e. The molecular formula is C10H11BrO3. The Morgan fingerprint density at radius 2 is 2.00 bits per heavy atom. The smallest absolute Gasteiger partial charge is 0.179 e. The summed E-state index contributed by atoms with van der Waals surface area (Å²) in [4.78, 5) is 11.9. The summed E-state index contributed by atoms with van der Waals surface area (Å²) in [6, 6.07) is 0. The number of ether oxygens (including phenoxy) is 2. The third-order valence-electron chi connectivity index (χ3n) is 3.53. The molecule has 76 valence electrons. The number of Topliss-reactive ketones (excluding diaryl/α,β-unsaturated/α-hetero) is 1. The molecule has 0 unspecified atom stereocenters. The van der Waals surface area contributed by atoms with E-state index in [0.717, 1.165) is 18.6 Å². The van der Waals surface area contributed by atoms with Crippen LogP contribution < -0.4 is 0 Å². The number of hydrogen-bond donors (Lipinski definition) is 0. The van der Waals surface area contributed by atoms with Gasteiger partial charge in [0.25, 0.3) is 0 Å². The third kappa shape index (κ3) is 0.885. The number of methoxy groups -OCH3 is 1. The van der Waals surface area contributed by atoms with Crippen molar-refractivity contribution in [3.63, 3.8) is 0 Å². The molecule has 0 aromatic carbocycles. The number of carbonyl (C=O) groups excluding carboxylic acids is 1. The predicted octanol–water partition coefficient (Wildman–Crippen LogP) is 1.62. The molecule has 0 N–H and O–H groups in total. The van der Waals surface area contributed by atoms with E-state index in [9.17, 15) is 4.79 Å². The zero-order valence-electron chi connectivity index (χ0n) is 7.83. The zero-order valence-corrected chi connectivity index (χ0v) is 9.41. The predicted molar refractivity (Wildman–Crippen MR) is 52.8 cm³/mol. The molecule has 2 aliphatic heterocycles. The molecule has 4 heteroatoms. The maximum absolute atomic E-state index is 11.9. The van der Waals surface area contributed by atoms with Gasteiger partial charge in [-0.05, 0) is 28.8 Å². The van der Waals surface area contributed by atoms with E-state index in [2.05, 4.69) is 15.9 Å². The van der Waals surface area contributed by atoms with Crippen LogP contribution in [0, 0.1) is 11.8 Å². The standard InChI is InChI=1S/C10H11BrO3/c1-13-10-7-5-3-2-4(14-5)6(7)9(12)8(10)11/h4-7H,2-3H2,1H3/t4-,5+,6-,7+/m0/s1. The molecule has 2 heterocycles. The van der Waals surface area contributed by atoms with Crippen molar-refractivity contribution in [1.29, 1.82) is 0 Å². The minimum absolute atomic E-state index is 0.0260. The fourth-order valence-corrected chi connectivity index (χ4v) is 3.67. The molecular weight excluding hydrogens is 248 g/mol. The highest BCUT2D eigenvalue weighted by Crippen LogP contribution is 2.53. The Balaban J connectivity index is 2.04. The summed E-state index contributed by atoms with van der Waals surface area (Å²) in [5, 5.41) is 0. The van der Waals surface area contributed by atoms with Gasteiger partial charge >= 0.3 is 0 Å². The molecule has 2 fully saturated rings. The average molecular weight is 259 g/mol. The summed E-state index contributed by atoms with van der Waals surface area (Å²) in [5.74, 6) is 1.17. The van der Waals surface area contributed by atoms with Crippen LogP contribution in [0.15, 0.2) is 10.2 Å². The molecule has 3 aliphatic rings. The van der Waals surface area contributed by atoms with Crippen LogP contribution in [0.2, 0.25) is 0 Å². The van der Waals surface area contributed by atoms with Gasteiger partial charge in [-0.3, -0.25) is 4.79 Å². The van der Waals surface area contributed by atoms with E-state index in [1.165, 1.54) is 0 Å². The summed E-state index contributed by atoms with van der Waals surface area (Å²) in [6.45, 7) is 0. The van der Waals surface area contributed by atoms with Gasteiger partial charge in [-0.1, -0.05) is 0 Å². The average Bonchev–Trinajstić information content (AvgIpc) is 2.82. The highest BCUT2D eigenvalue weighted by molar-refractivity contribution is 9.12. The van der Waals surface area contributed by atoms with Crippen LogP contribution in [-0.4, -0.2) is 25.1 Å². The van der Waals surface area contributed by atoms with Gasteiger partial charge in [-0.15, -0.1) is 0 Å². The van der Waals surface area contributed by atoms with E-state index >= 15 is 0 Å². The van der Waals surface area contributed by atoms with Gasteiger partial charge < -0.3 is 9.47 Å². The number of halogens is 1. The van der Waals surface area contributed by atoms with Crippen molar-refractivity contribution in [1.82, 2.24) is 0 Å². The minimum atomic E-state index is 0.0260. The normalized spacial score (nSPS) is 44.9. The lowest BCUT2D eigenvalue weighted by Crippen LogP contribution is -2.29. The number of carbonyl (C=O) groups is 1. The Labute approximate surface area is 90.6 Å². The van der Waals surface area contributed by atoms with Crippen molar-refractivity contribution in [2.45, 2.75) is 25.0 Å². The summed E-state index contributed by atoms with van der Waals surface area (Å²) in [5.41, 5.74) is 0. The van der Waals surface area contributed by atoms with Gasteiger partial charge in [0.05, 0.1) is 35.6 Å². The quantitative estimate of drug-likeness (QED) is 0.717. The highest BCUT2D eigenvalue weighted by atomic mass is 79.9. The van der Waals surface area contributed by atoms with Gasteiger partial charge in [-0.25, -0.2) is 0 Å². The van der Waals surface area contributed by atoms with Gasteiger partial charge in [0, 0.05) is 0 Å². The Kier molecular flexibility index (Phi) is 1.80. The summed E-state index contributed by atoms with van der Waals surface area (Å²) in [6.07, 6.45) is 2.43. The minimum Gasteiger partial charge on any atom is -0.499 e. The van der Waals surface area contributed by atoms with Crippen molar-refractivity contribution in [3.8, 4) is 0 Å². The molecule has 1 aliphatic carbocycles. The molecule has 0 aromatic heterocycles. The second kappa shape index (κ2) is 2.83. The van der Waals surface area contributed by atoms with Crippen molar-refractivity contribution in [2.75, 3.05) is 7.11 Å². The molecule has 0 spiro atoms. The lowest BCUT2D eigenvalue weighted by Gasteiger charge is -2.21. The number of fused-ring (bicyclic) bond motifs is 5. The highest BCUT2D eigenvalue weighted by Gasteiger charge is 2.58. The molecule has 4 atom stereocenters. The van der Waals surface area contributed by atoms with E-state index < -0.39 is 0 Å². The maximum atomic E-state index is 11.9. The Morgan fingerprint density at radius 1 is 1.36 bits per heavy atom. The second-order valence-electron chi connectivity index (χ2n) is 4.09. The van der Waals surface area contributed by atoms with Crippen molar-refractivity contribution < 1.29 is 14.3 Å². The zero-order chi connectivity index (χ0) is 9.87. The summed E-state index contributed by atoms with van der Waals surface area (Å²) in [7, 11) is 1.62. The van der Waals surface area contributed by atoms with Crippen LogP contribution in [0.4, 0.5) is 0 Å². The Bertz CT molecular complexity index is 336. The molecule has 2 saturated heterocycles. The van der Waals surface area contributed by atoms with Crippen LogP contribution in [0.5, 0.6) is 0 Å². The number of ketones is 1. The lowest BCUT2D eigenvalue weighted by molar-refractivity contribution is -0.119. The van der Waals surface area contributed by atoms with Gasteiger partial charge in [0.15, 0.2) is 5.78 Å². The van der Waals surface area contributed by atoms with Crippen LogP contribution in [0.25, 0.3) is 0 Å². The van der Waals surface area contributed by atoms with Crippen LogP contribution >= 0.6 is 15.9 Å². The fraction of sp³-hybridized carbons (Fsp3) is 0.700. The summed E-state index contributed by atoms with van der Waals surface area (Å²) < 4.78 is 11.7. The SMILES string of the molecule is COC1=C(Br)C(=O)[C@@H]2[C@H]1[C@H]1CC[C@@H]2O1. The maximum Gasteiger partial charge on any atom is 0.179 e. The van der Waals surface area contributed by atoms with Crippen molar-refractivity contribution in [2.24, 2.45) is 11.8 Å². The summed E-state index contributed by atoms with van der Waals surface area (Å²) >= 11 is 3.32. The molecule has 0 radical (unpaired) electrons. The molecule has 0 amide bonds. The molecule has 0 saturated carbocycles. The van der Waals surface area contributed by atoms with E-state index in [-0.39, 0.29) is 29.8 Å². The molecule has 0 aromatic rings. The first-order valence-corrected chi connectivity index (χ1v) is 5.66. The monoisotopic (exact) mass is 258 g/mol. The van der Waals surface area contributed by atoms with E-state index in [1.807, 2.05) is 0 Å². The second-order valence-corrected chi connectivity index (χ2v) is 4.88. The molecule has 3 nitrogen and oxygen atoms in total. The fourth-order valence-electron chi connectivity index (χ4n) is 2.98. The first-order valence-electron chi connectivity index (χ1n) is 4.87. The third-order valence-corrected chi connectivity index (χ3v) is 4.31. The molecule has 2 bridgehead atoms. The number of allylic oxidation sites excluding steroid dienone is 1. The molecule has 14 heavy (non-hydrogen) atoms. The van der Waals surface area contributed by atoms with E-state index in [0.29, 0.717) is 4.48 Å². The van der Waals surface area contributed by atoms with Crippen LogP contribution in [0.3, 0.4) is 0 Å². The van der Waals surface area contributed by atoms with E-state index in [4.69, 9.17) is 9.47 Å². The van der Waals surface area contributed by atoms with Gasteiger partial charge in [-0.2, -0.15) is 0 Å². The lowest BCUT2D eigenvalue weighted by atomic mass is 9.80. The van der Waals surface area contributed by atoms with Gasteiger partial charge in [0.1, 0.15) is 5.76 Å². The topological polar surface area (TPSA) is 35.5 Å². The Morgan fingerprint density at radius 3 is 2.64 bits per heavy atom. The molecule has 3 rings (SSSR count). The van der Waals surface area contributed by atoms with E-state index in [1.54, 1.807) is 7.11 Å². The van der Waals surface area contributed by atoms with Crippen molar-refractivity contribution in [3.05, 3.63) is 10.2 Å². The Hall–Kier alpha value is -0.350. The van der Waals surface area contributed by atoms with Gasteiger partial charge in [0.2, 0.25) is 0 Å².